The monoisotopic (exact) mass is 460 g/mol. The summed E-state index contributed by atoms with van der Waals surface area (Å²) in [7, 11) is 0. The van der Waals surface area contributed by atoms with Gasteiger partial charge in [-0.3, -0.25) is 14.6 Å². The summed E-state index contributed by atoms with van der Waals surface area (Å²) in [6.45, 7) is 6.52. The van der Waals surface area contributed by atoms with Gasteiger partial charge >= 0.3 is 11.9 Å². The van der Waals surface area contributed by atoms with E-state index in [1.165, 1.54) is 0 Å². The van der Waals surface area contributed by atoms with Crippen LogP contribution >= 0.6 is 0 Å². The van der Waals surface area contributed by atoms with Gasteiger partial charge in [-0.25, -0.2) is 0 Å². The van der Waals surface area contributed by atoms with Crippen LogP contribution < -0.4 is 4.90 Å². The van der Waals surface area contributed by atoms with Crippen molar-refractivity contribution in [3.05, 3.63) is 90.2 Å². The molecule has 0 aromatic heterocycles. The molecule has 0 unspecified atom stereocenters. The van der Waals surface area contributed by atoms with Crippen molar-refractivity contribution in [3.63, 3.8) is 0 Å². The molecule has 2 N–H and O–H groups in total. The van der Waals surface area contributed by atoms with E-state index in [0.29, 0.717) is 6.54 Å². The van der Waals surface area contributed by atoms with Crippen molar-refractivity contribution in [1.29, 1.82) is 0 Å². The number of aryl methyl sites for hydroxylation is 1. The molecule has 6 nitrogen and oxygen atoms in total. The first-order valence-electron chi connectivity index (χ1n) is 11.2. The van der Waals surface area contributed by atoms with Crippen LogP contribution in [0.4, 0.5) is 5.69 Å². The molecule has 0 heterocycles. The van der Waals surface area contributed by atoms with Crippen LogP contribution in [0.2, 0.25) is 0 Å². The van der Waals surface area contributed by atoms with Gasteiger partial charge in [0.15, 0.2) is 0 Å². The number of hydrogen-bond donors (Lipinski definition) is 2. The van der Waals surface area contributed by atoms with E-state index in [-0.39, 0.29) is 19.4 Å². The maximum absolute atomic E-state index is 11.2. The lowest BCUT2D eigenvalue weighted by Crippen LogP contribution is -2.25. The second kappa shape index (κ2) is 13.6. The second-order valence-electron chi connectivity index (χ2n) is 7.83. The summed E-state index contributed by atoms with van der Waals surface area (Å²) in [6, 6.07) is 12.3. The van der Waals surface area contributed by atoms with E-state index in [0.717, 1.165) is 33.4 Å². The van der Waals surface area contributed by atoms with Crippen molar-refractivity contribution in [2.24, 2.45) is 4.99 Å². The van der Waals surface area contributed by atoms with Crippen molar-refractivity contribution in [2.75, 3.05) is 18.0 Å². The van der Waals surface area contributed by atoms with E-state index in [1.54, 1.807) is 0 Å². The Hall–Kier alpha value is -3.93. The molecule has 2 aromatic carbocycles. The zero-order valence-electron chi connectivity index (χ0n) is 19.9. The first-order chi connectivity index (χ1) is 16.3. The highest BCUT2D eigenvalue weighted by Gasteiger charge is 2.14. The number of allylic oxidation sites excluding steroid dienone is 8. The summed E-state index contributed by atoms with van der Waals surface area (Å²) < 4.78 is 0. The minimum absolute atomic E-state index is 0.0255. The van der Waals surface area contributed by atoms with Gasteiger partial charge in [-0.15, -0.1) is 0 Å². The number of carbonyl (C=O) groups is 2. The fraction of sp³-hybridized carbons (Fsp3) is 0.250. The third kappa shape index (κ3) is 8.54. The Morgan fingerprint density at radius 2 is 1.59 bits per heavy atom. The maximum Gasteiger partial charge on any atom is 0.305 e. The summed E-state index contributed by atoms with van der Waals surface area (Å²) >= 11 is 0. The molecule has 0 amide bonds. The van der Waals surface area contributed by atoms with Crippen LogP contribution in [0.5, 0.6) is 0 Å². The average Bonchev–Trinajstić information content (AvgIpc) is 2.79. The molecule has 6 heteroatoms. The zero-order chi connectivity index (χ0) is 24.9. The molecule has 0 aliphatic rings. The van der Waals surface area contributed by atoms with Gasteiger partial charge < -0.3 is 15.1 Å². The lowest BCUT2D eigenvalue weighted by molar-refractivity contribution is -0.137. The molecule has 34 heavy (non-hydrogen) atoms. The molecule has 0 saturated heterocycles. The minimum Gasteiger partial charge on any atom is -0.481 e. The molecule has 0 saturated carbocycles. The summed E-state index contributed by atoms with van der Waals surface area (Å²) in [5, 5.41) is 20.2. The Balaban J connectivity index is 2.11. The smallest absolute Gasteiger partial charge is 0.305 e. The standard InChI is InChI=1S/C28H32N2O4/c1-21(29-19-17-27(31)32)11-7-5-4-6-8-12-22(2)30(20-18-28(33)34)26-16-15-24-13-9-10-14-25(24)23(26)3/h4-16H,17-20H2,1-3H3,(H,31,32)(H,33,34)/b5-4+,8-6+,11-7+,22-12+,29-21-. The molecule has 0 atom stereocenters. The fourth-order valence-electron chi connectivity index (χ4n) is 3.45. The Bertz CT molecular complexity index is 1160. The lowest BCUT2D eigenvalue weighted by Gasteiger charge is -2.27. The molecule has 178 valence electrons. The van der Waals surface area contributed by atoms with E-state index in [1.807, 2.05) is 79.5 Å². The number of carboxylic acids is 2. The van der Waals surface area contributed by atoms with Crippen LogP contribution in [0.25, 0.3) is 10.8 Å². The fourth-order valence-corrected chi connectivity index (χ4v) is 3.45. The van der Waals surface area contributed by atoms with Crippen molar-refractivity contribution in [1.82, 2.24) is 0 Å². The van der Waals surface area contributed by atoms with E-state index >= 15 is 0 Å². The normalized spacial score (nSPS) is 12.9. The van der Waals surface area contributed by atoms with Crippen molar-refractivity contribution < 1.29 is 19.8 Å². The summed E-state index contributed by atoms with van der Waals surface area (Å²) in [5.41, 5.74) is 3.83. The molecule has 0 bridgehead atoms. The highest BCUT2D eigenvalue weighted by atomic mass is 16.4. The minimum atomic E-state index is -0.855. The number of aliphatic imine (C=N–C) groups is 1. The second-order valence-corrected chi connectivity index (χ2v) is 7.83. The van der Waals surface area contributed by atoms with Gasteiger partial charge in [0.1, 0.15) is 0 Å². The molecule has 0 aliphatic carbocycles. The first kappa shape index (κ1) is 26.3. The zero-order valence-corrected chi connectivity index (χ0v) is 19.9. The molecular weight excluding hydrogens is 428 g/mol. The predicted octanol–water partition coefficient (Wildman–Crippen LogP) is 5.94. The van der Waals surface area contributed by atoms with Crippen LogP contribution in [0.1, 0.15) is 32.3 Å². The van der Waals surface area contributed by atoms with E-state index in [2.05, 4.69) is 30.1 Å². The summed E-state index contributed by atoms with van der Waals surface area (Å²) in [4.78, 5) is 28.0. The summed E-state index contributed by atoms with van der Waals surface area (Å²) in [5.74, 6) is -1.69. The van der Waals surface area contributed by atoms with Gasteiger partial charge in [0.2, 0.25) is 0 Å². The molecule has 0 aliphatic heterocycles. The molecule has 0 spiro atoms. The molecular formula is C28H32N2O4. The number of aliphatic carboxylic acids is 2. The van der Waals surface area contributed by atoms with Gasteiger partial charge in [-0.2, -0.15) is 0 Å². The van der Waals surface area contributed by atoms with Crippen LogP contribution in [0.3, 0.4) is 0 Å². The topological polar surface area (TPSA) is 90.2 Å². The van der Waals surface area contributed by atoms with E-state index < -0.39 is 11.9 Å². The van der Waals surface area contributed by atoms with Gasteiger partial charge in [0, 0.05) is 30.2 Å². The van der Waals surface area contributed by atoms with Gasteiger partial charge in [-0.05, 0) is 55.3 Å². The van der Waals surface area contributed by atoms with Crippen LogP contribution in [0, 0.1) is 6.92 Å². The molecule has 2 rings (SSSR count). The Kier molecular flexibility index (Phi) is 10.5. The summed E-state index contributed by atoms with van der Waals surface area (Å²) in [6.07, 6.45) is 13.3. The Morgan fingerprint density at radius 1 is 0.912 bits per heavy atom. The van der Waals surface area contributed by atoms with Gasteiger partial charge in [0.25, 0.3) is 0 Å². The average molecular weight is 461 g/mol. The highest BCUT2D eigenvalue weighted by molar-refractivity contribution is 5.93. The number of carboxylic acid groups (broad SMARTS) is 2. The first-order valence-corrected chi connectivity index (χ1v) is 11.2. The number of benzene rings is 2. The Labute approximate surface area is 200 Å². The third-order valence-corrected chi connectivity index (χ3v) is 5.24. The SMILES string of the molecule is CC(/C=C/C=C/C=C/C=C(\C)N(CCC(=O)O)c1ccc2ccccc2c1C)=N/CCC(=O)O. The van der Waals surface area contributed by atoms with E-state index in [4.69, 9.17) is 5.11 Å². The van der Waals surface area contributed by atoms with Crippen LogP contribution in [-0.2, 0) is 9.59 Å². The van der Waals surface area contributed by atoms with Crippen molar-refractivity contribution >= 4 is 34.1 Å². The highest BCUT2D eigenvalue weighted by Crippen LogP contribution is 2.30. The number of anilines is 1. The van der Waals surface area contributed by atoms with E-state index in [9.17, 15) is 14.7 Å². The van der Waals surface area contributed by atoms with Crippen LogP contribution in [-0.4, -0.2) is 41.0 Å². The maximum atomic E-state index is 11.2. The number of rotatable bonds is 12. The van der Waals surface area contributed by atoms with Gasteiger partial charge in [0.05, 0.1) is 12.8 Å². The number of hydrogen-bond acceptors (Lipinski definition) is 4. The lowest BCUT2D eigenvalue weighted by atomic mass is 10.0. The quantitative estimate of drug-likeness (QED) is 0.302. The number of nitrogens with zero attached hydrogens (tertiary/aromatic N) is 2. The molecule has 0 radical (unpaired) electrons. The van der Waals surface area contributed by atoms with Gasteiger partial charge in [-0.1, -0.05) is 60.7 Å². The van der Waals surface area contributed by atoms with Crippen LogP contribution in [0.15, 0.2) is 89.6 Å². The third-order valence-electron chi connectivity index (χ3n) is 5.24. The number of fused-ring (bicyclic) bond motifs is 1. The van der Waals surface area contributed by atoms with Crippen molar-refractivity contribution in [3.8, 4) is 0 Å². The molecule has 0 fully saturated rings. The Morgan fingerprint density at radius 3 is 2.32 bits per heavy atom. The van der Waals surface area contributed by atoms with Crippen molar-refractivity contribution in [2.45, 2.75) is 33.6 Å². The molecule has 2 aromatic rings. The predicted molar refractivity (Wildman–Crippen MR) is 140 cm³/mol. The largest absolute Gasteiger partial charge is 0.481 e.